The highest BCUT2D eigenvalue weighted by molar-refractivity contribution is 5.76. The van der Waals surface area contributed by atoms with Crippen LogP contribution in [-0.4, -0.2) is 37.6 Å². The van der Waals surface area contributed by atoms with Crippen LogP contribution in [0.2, 0.25) is 0 Å². The number of nitrogens with two attached hydrogens (primary N) is 1. The Kier molecular flexibility index (Phi) is 6.87. The average Bonchev–Trinajstić information content (AvgIpc) is 2.41. The number of alkyl halides is 2. The van der Waals surface area contributed by atoms with E-state index in [2.05, 4.69) is 4.74 Å². The predicted molar refractivity (Wildman–Crippen MR) is 74.4 cm³/mol. The van der Waals surface area contributed by atoms with Gasteiger partial charge >= 0.3 is 6.61 Å². The average molecular weight is 302 g/mol. The van der Waals surface area contributed by atoms with E-state index >= 15 is 0 Å². The Labute approximate surface area is 122 Å². The van der Waals surface area contributed by atoms with Gasteiger partial charge in [0.1, 0.15) is 0 Å². The van der Waals surface area contributed by atoms with Crippen molar-refractivity contribution in [1.29, 1.82) is 0 Å². The van der Waals surface area contributed by atoms with E-state index in [1.165, 1.54) is 11.0 Å². The van der Waals surface area contributed by atoms with Gasteiger partial charge in [-0.15, -0.1) is 0 Å². The first-order chi connectivity index (χ1) is 9.97. The summed E-state index contributed by atoms with van der Waals surface area (Å²) < 4.78 is 34.3. The summed E-state index contributed by atoms with van der Waals surface area (Å²) >= 11 is 0. The molecule has 0 spiro atoms. The summed E-state index contributed by atoms with van der Waals surface area (Å²) in [7, 11) is 1.65. The SMILES string of the molecule is CCOc1cc(CN(C)C(=O)CCN)ccc1OC(F)F. The Morgan fingerprint density at radius 3 is 2.67 bits per heavy atom. The third-order valence-corrected chi connectivity index (χ3v) is 2.73. The Bertz CT molecular complexity index is 470. The second-order valence-corrected chi connectivity index (χ2v) is 4.38. The topological polar surface area (TPSA) is 64.8 Å². The number of rotatable bonds is 8. The molecule has 0 atom stereocenters. The molecule has 0 unspecified atom stereocenters. The molecule has 21 heavy (non-hydrogen) atoms. The van der Waals surface area contributed by atoms with Gasteiger partial charge in [-0.2, -0.15) is 8.78 Å². The first-order valence-corrected chi connectivity index (χ1v) is 6.62. The highest BCUT2D eigenvalue weighted by atomic mass is 19.3. The van der Waals surface area contributed by atoms with Gasteiger partial charge in [-0.3, -0.25) is 4.79 Å². The van der Waals surface area contributed by atoms with E-state index in [1.54, 1.807) is 26.1 Å². The molecule has 0 aliphatic carbocycles. The van der Waals surface area contributed by atoms with E-state index in [4.69, 9.17) is 10.5 Å². The molecule has 0 aromatic heterocycles. The highest BCUT2D eigenvalue weighted by Crippen LogP contribution is 2.30. The van der Waals surface area contributed by atoms with Crippen LogP contribution >= 0.6 is 0 Å². The van der Waals surface area contributed by atoms with Gasteiger partial charge < -0.3 is 20.1 Å². The van der Waals surface area contributed by atoms with Crippen LogP contribution in [0, 0.1) is 0 Å². The minimum atomic E-state index is -2.91. The molecule has 0 saturated carbocycles. The van der Waals surface area contributed by atoms with Gasteiger partial charge in [0.25, 0.3) is 0 Å². The van der Waals surface area contributed by atoms with Gasteiger partial charge in [-0.1, -0.05) is 6.07 Å². The number of nitrogens with zero attached hydrogens (tertiary/aromatic N) is 1. The summed E-state index contributed by atoms with van der Waals surface area (Å²) in [6.07, 6.45) is 0.265. The molecule has 0 aliphatic rings. The van der Waals surface area contributed by atoms with Crippen molar-refractivity contribution < 1.29 is 23.0 Å². The highest BCUT2D eigenvalue weighted by Gasteiger charge is 2.13. The Hall–Kier alpha value is -1.89. The fraction of sp³-hybridized carbons (Fsp3) is 0.500. The summed E-state index contributed by atoms with van der Waals surface area (Å²) in [5.74, 6) is 0.130. The molecule has 0 saturated heterocycles. The van der Waals surface area contributed by atoms with Gasteiger partial charge in [-0.25, -0.2) is 0 Å². The lowest BCUT2D eigenvalue weighted by molar-refractivity contribution is -0.130. The van der Waals surface area contributed by atoms with Crippen molar-refractivity contribution in [2.24, 2.45) is 5.73 Å². The van der Waals surface area contributed by atoms with Gasteiger partial charge in [-0.05, 0) is 24.6 Å². The van der Waals surface area contributed by atoms with E-state index in [9.17, 15) is 13.6 Å². The van der Waals surface area contributed by atoms with Crippen LogP contribution in [0.5, 0.6) is 11.5 Å². The van der Waals surface area contributed by atoms with Crippen LogP contribution in [-0.2, 0) is 11.3 Å². The summed E-state index contributed by atoms with van der Waals surface area (Å²) in [6, 6.07) is 4.62. The number of amides is 1. The first kappa shape index (κ1) is 17.2. The third-order valence-electron chi connectivity index (χ3n) is 2.73. The number of halogens is 2. The number of carbonyl (C=O) groups excluding carboxylic acids is 1. The fourth-order valence-electron chi connectivity index (χ4n) is 1.79. The maximum Gasteiger partial charge on any atom is 0.387 e. The van der Waals surface area contributed by atoms with Crippen molar-refractivity contribution in [1.82, 2.24) is 4.90 Å². The summed E-state index contributed by atoms with van der Waals surface area (Å²) in [5, 5.41) is 0. The third kappa shape index (κ3) is 5.55. The van der Waals surface area contributed by atoms with Crippen LogP contribution in [0.1, 0.15) is 18.9 Å². The molecule has 0 radical (unpaired) electrons. The van der Waals surface area contributed by atoms with Gasteiger partial charge in [0.2, 0.25) is 5.91 Å². The van der Waals surface area contributed by atoms with Crippen molar-refractivity contribution in [3.63, 3.8) is 0 Å². The molecule has 1 aromatic rings. The summed E-state index contributed by atoms with van der Waals surface area (Å²) in [4.78, 5) is 13.2. The second-order valence-electron chi connectivity index (χ2n) is 4.38. The smallest absolute Gasteiger partial charge is 0.387 e. The van der Waals surface area contributed by atoms with Crippen LogP contribution < -0.4 is 15.2 Å². The number of hydrogen-bond acceptors (Lipinski definition) is 4. The lowest BCUT2D eigenvalue weighted by atomic mass is 10.2. The Morgan fingerprint density at radius 1 is 1.38 bits per heavy atom. The van der Waals surface area contributed by atoms with Crippen molar-refractivity contribution >= 4 is 5.91 Å². The normalized spacial score (nSPS) is 10.6. The molecule has 0 fully saturated rings. The van der Waals surface area contributed by atoms with Crippen molar-refractivity contribution in [3.05, 3.63) is 23.8 Å². The summed E-state index contributed by atoms with van der Waals surface area (Å²) in [6.45, 7) is -0.216. The lowest BCUT2D eigenvalue weighted by Crippen LogP contribution is -2.27. The monoisotopic (exact) mass is 302 g/mol. The molecule has 118 valence electrons. The molecular weight excluding hydrogens is 282 g/mol. The van der Waals surface area contributed by atoms with Crippen LogP contribution in [0.25, 0.3) is 0 Å². The minimum Gasteiger partial charge on any atom is -0.490 e. The first-order valence-electron chi connectivity index (χ1n) is 6.62. The molecule has 0 heterocycles. The maximum absolute atomic E-state index is 12.3. The molecule has 1 aromatic carbocycles. The number of ether oxygens (including phenoxy) is 2. The molecule has 1 amide bonds. The number of carbonyl (C=O) groups is 1. The van der Waals surface area contributed by atoms with Crippen molar-refractivity contribution in [2.75, 3.05) is 20.2 Å². The van der Waals surface area contributed by atoms with E-state index in [0.29, 0.717) is 13.2 Å². The molecule has 1 rings (SSSR count). The molecule has 0 bridgehead atoms. The van der Waals surface area contributed by atoms with Gasteiger partial charge in [0.05, 0.1) is 6.61 Å². The minimum absolute atomic E-state index is 0.0217. The van der Waals surface area contributed by atoms with Gasteiger partial charge in [0, 0.05) is 26.6 Å². The van der Waals surface area contributed by atoms with Crippen LogP contribution in [0.4, 0.5) is 8.78 Å². The van der Waals surface area contributed by atoms with Crippen molar-refractivity contribution in [3.8, 4) is 11.5 Å². The summed E-state index contributed by atoms with van der Waals surface area (Å²) in [5.41, 5.74) is 6.09. The lowest BCUT2D eigenvalue weighted by Gasteiger charge is -2.18. The zero-order chi connectivity index (χ0) is 15.8. The second kappa shape index (κ2) is 8.41. The molecule has 0 aliphatic heterocycles. The van der Waals surface area contributed by atoms with Crippen LogP contribution in [0.15, 0.2) is 18.2 Å². The maximum atomic E-state index is 12.3. The van der Waals surface area contributed by atoms with Crippen LogP contribution in [0.3, 0.4) is 0 Å². The quantitative estimate of drug-likeness (QED) is 0.797. The number of benzene rings is 1. The predicted octanol–water partition coefficient (Wildman–Crippen LogP) is 1.99. The Morgan fingerprint density at radius 2 is 2.10 bits per heavy atom. The molecule has 5 nitrogen and oxygen atoms in total. The van der Waals surface area contributed by atoms with Gasteiger partial charge in [0.15, 0.2) is 11.5 Å². The van der Waals surface area contributed by atoms with E-state index in [-0.39, 0.29) is 30.4 Å². The van der Waals surface area contributed by atoms with E-state index in [0.717, 1.165) is 5.56 Å². The molecule has 7 heteroatoms. The number of hydrogen-bond donors (Lipinski definition) is 1. The molecule has 2 N–H and O–H groups in total. The standard InChI is InChI=1S/C14H20F2N2O3/c1-3-20-12-8-10(4-5-11(12)21-14(15)16)9-18(2)13(19)6-7-17/h4-5,8,14H,3,6-7,9,17H2,1-2H3. The molecular formula is C14H20F2N2O3. The fourth-order valence-corrected chi connectivity index (χ4v) is 1.79. The van der Waals surface area contributed by atoms with E-state index < -0.39 is 6.61 Å². The zero-order valence-corrected chi connectivity index (χ0v) is 12.1. The largest absolute Gasteiger partial charge is 0.490 e. The van der Waals surface area contributed by atoms with E-state index in [1.807, 2.05) is 0 Å². The van der Waals surface area contributed by atoms with Crippen molar-refractivity contribution in [2.45, 2.75) is 26.5 Å². The Balaban J connectivity index is 2.84. The zero-order valence-electron chi connectivity index (χ0n) is 12.1.